The van der Waals surface area contributed by atoms with E-state index in [-0.39, 0.29) is 11.5 Å². The maximum Gasteiger partial charge on any atom is 0.262 e. The first-order chi connectivity index (χ1) is 14.4. The van der Waals surface area contributed by atoms with E-state index >= 15 is 0 Å². The average molecular weight is 446 g/mol. The highest BCUT2D eigenvalue weighted by Crippen LogP contribution is 2.25. The number of ether oxygens (including phenoxy) is 1. The van der Waals surface area contributed by atoms with Crippen molar-refractivity contribution >= 4 is 45.9 Å². The summed E-state index contributed by atoms with van der Waals surface area (Å²) in [5, 5.41) is 3.89. The third-order valence-electron chi connectivity index (χ3n) is 4.68. The first kappa shape index (κ1) is 22.3. The summed E-state index contributed by atoms with van der Waals surface area (Å²) in [6.07, 6.45) is 0.942. The van der Waals surface area contributed by atoms with Gasteiger partial charge in [-0.2, -0.15) is 0 Å². The van der Waals surface area contributed by atoms with Gasteiger partial charge in [0.1, 0.15) is 0 Å². The molecule has 0 saturated carbocycles. The number of amides is 1. The standard InChI is InChI=1S/C22H24ClN3O3S/c1-4-15-5-8-17(9-6-15)24-20(27)14(2)30-22-25-19-13-16(23)7-10-18(19)21(28)26(22)11-12-29-3/h5-10,13-14H,4,11-12H2,1-3H3,(H,24,27). The number of aromatic nitrogens is 2. The van der Waals surface area contributed by atoms with Crippen molar-refractivity contribution in [2.45, 2.75) is 37.2 Å². The molecule has 3 rings (SSSR count). The predicted molar refractivity (Wildman–Crippen MR) is 123 cm³/mol. The molecule has 3 aromatic rings. The maximum atomic E-state index is 13.0. The smallest absolute Gasteiger partial charge is 0.262 e. The molecule has 1 amide bonds. The molecule has 6 nitrogen and oxygen atoms in total. The van der Waals surface area contributed by atoms with Crippen molar-refractivity contribution in [3.05, 3.63) is 63.4 Å². The lowest BCUT2D eigenvalue weighted by Gasteiger charge is -2.16. The molecule has 1 heterocycles. The fourth-order valence-electron chi connectivity index (χ4n) is 2.92. The SMILES string of the molecule is CCc1ccc(NC(=O)C(C)Sc2nc3cc(Cl)ccc3c(=O)n2CCOC)cc1. The van der Waals surface area contributed by atoms with Crippen molar-refractivity contribution < 1.29 is 9.53 Å². The Labute approximate surface area is 184 Å². The van der Waals surface area contributed by atoms with Gasteiger partial charge in [-0.25, -0.2) is 4.98 Å². The lowest BCUT2D eigenvalue weighted by Crippen LogP contribution is -2.28. The van der Waals surface area contributed by atoms with E-state index < -0.39 is 5.25 Å². The number of fused-ring (bicyclic) bond motifs is 1. The number of thioether (sulfide) groups is 1. The van der Waals surface area contributed by atoms with Gasteiger partial charge in [0.15, 0.2) is 5.16 Å². The summed E-state index contributed by atoms with van der Waals surface area (Å²) in [5.74, 6) is -0.164. The van der Waals surface area contributed by atoms with E-state index in [1.165, 1.54) is 17.3 Å². The summed E-state index contributed by atoms with van der Waals surface area (Å²) in [5.41, 5.74) is 2.27. The number of benzene rings is 2. The van der Waals surface area contributed by atoms with Gasteiger partial charge in [0.05, 0.1) is 29.3 Å². The normalized spacial score (nSPS) is 12.1. The van der Waals surface area contributed by atoms with Crippen LogP contribution < -0.4 is 10.9 Å². The minimum atomic E-state index is -0.465. The van der Waals surface area contributed by atoms with Crippen molar-refractivity contribution in [3.63, 3.8) is 0 Å². The Morgan fingerprint density at radius 2 is 2.00 bits per heavy atom. The Bertz CT molecular complexity index is 1100. The molecule has 0 saturated heterocycles. The number of methoxy groups -OCH3 is 1. The van der Waals surface area contributed by atoms with Crippen molar-refractivity contribution in [2.75, 3.05) is 19.0 Å². The Kier molecular flexibility index (Phi) is 7.53. The number of halogens is 1. The molecule has 1 aromatic heterocycles. The zero-order chi connectivity index (χ0) is 21.7. The zero-order valence-electron chi connectivity index (χ0n) is 17.1. The minimum absolute atomic E-state index is 0.164. The van der Waals surface area contributed by atoms with Crippen molar-refractivity contribution in [1.29, 1.82) is 0 Å². The Morgan fingerprint density at radius 3 is 2.67 bits per heavy atom. The first-order valence-electron chi connectivity index (χ1n) is 9.68. The number of nitrogens with zero attached hydrogens (tertiary/aromatic N) is 2. The average Bonchev–Trinajstić information content (AvgIpc) is 2.73. The molecule has 0 aliphatic heterocycles. The van der Waals surface area contributed by atoms with Crippen LogP contribution in [-0.2, 0) is 22.5 Å². The lowest BCUT2D eigenvalue weighted by atomic mass is 10.1. The fraction of sp³-hybridized carbons (Fsp3) is 0.318. The van der Waals surface area contributed by atoms with Gasteiger partial charge in [0, 0.05) is 17.8 Å². The van der Waals surface area contributed by atoms with Gasteiger partial charge in [-0.1, -0.05) is 42.4 Å². The van der Waals surface area contributed by atoms with Crippen LogP contribution in [0.25, 0.3) is 10.9 Å². The number of aryl methyl sites for hydroxylation is 1. The number of anilines is 1. The largest absolute Gasteiger partial charge is 0.383 e. The van der Waals surface area contributed by atoms with Gasteiger partial charge in [-0.15, -0.1) is 0 Å². The minimum Gasteiger partial charge on any atom is -0.383 e. The molecule has 1 atom stereocenters. The third-order valence-corrected chi connectivity index (χ3v) is 6.01. The first-order valence-corrected chi connectivity index (χ1v) is 10.9. The van der Waals surface area contributed by atoms with Crippen LogP contribution in [0, 0.1) is 0 Å². The summed E-state index contributed by atoms with van der Waals surface area (Å²) in [7, 11) is 1.58. The Hall–Kier alpha value is -2.35. The maximum absolute atomic E-state index is 13.0. The van der Waals surface area contributed by atoms with Crippen LogP contribution in [0.4, 0.5) is 5.69 Å². The van der Waals surface area contributed by atoms with Crippen LogP contribution in [0.2, 0.25) is 5.02 Å². The number of hydrogen-bond donors (Lipinski definition) is 1. The zero-order valence-corrected chi connectivity index (χ0v) is 18.7. The third kappa shape index (κ3) is 5.22. The molecule has 0 aliphatic rings. The molecule has 158 valence electrons. The van der Waals surface area contributed by atoms with Crippen molar-refractivity contribution in [1.82, 2.24) is 9.55 Å². The van der Waals surface area contributed by atoms with E-state index in [0.717, 1.165) is 12.1 Å². The molecular weight excluding hydrogens is 422 g/mol. The van der Waals surface area contributed by atoms with Gasteiger partial charge in [0.25, 0.3) is 5.56 Å². The summed E-state index contributed by atoms with van der Waals surface area (Å²) in [6, 6.07) is 12.7. The summed E-state index contributed by atoms with van der Waals surface area (Å²) >= 11 is 7.31. The molecule has 0 spiro atoms. The monoisotopic (exact) mass is 445 g/mol. The van der Waals surface area contributed by atoms with Gasteiger partial charge in [0.2, 0.25) is 5.91 Å². The second kappa shape index (κ2) is 10.1. The molecule has 2 aromatic carbocycles. The van der Waals surface area contributed by atoms with E-state index in [4.69, 9.17) is 16.3 Å². The van der Waals surface area contributed by atoms with Crippen LogP contribution in [0.15, 0.2) is 52.4 Å². The number of carbonyl (C=O) groups excluding carboxylic acids is 1. The molecular formula is C22H24ClN3O3S. The van der Waals surface area contributed by atoms with E-state index in [1.807, 2.05) is 24.3 Å². The molecule has 1 unspecified atom stereocenters. The number of nitrogens with one attached hydrogen (secondary N) is 1. The van der Waals surface area contributed by atoms with Crippen LogP contribution in [0.5, 0.6) is 0 Å². The number of hydrogen-bond acceptors (Lipinski definition) is 5. The second-order valence-corrected chi connectivity index (χ2v) is 8.55. The lowest BCUT2D eigenvalue weighted by molar-refractivity contribution is -0.115. The van der Waals surface area contributed by atoms with E-state index in [0.29, 0.717) is 34.2 Å². The van der Waals surface area contributed by atoms with Crippen LogP contribution in [0.1, 0.15) is 19.4 Å². The van der Waals surface area contributed by atoms with Gasteiger partial charge < -0.3 is 10.1 Å². The summed E-state index contributed by atoms with van der Waals surface area (Å²) in [4.78, 5) is 30.3. The number of carbonyl (C=O) groups is 1. The number of rotatable bonds is 8. The summed E-state index contributed by atoms with van der Waals surface area (Å²) < 4.78 is 6.69. The molecule has 30 heavy (non-hydrogen) atoms. The summed E-state index contributed by atoms with van der Waals surface area (Å²) in [6.45, 7) is 4.57. The molecule has 0 radical (unpaired) electrons. The van der Waals surface area contributed by atoms with Gasteiger partial charge in [-0.05, 0) is 49.2 Å². The molecule has 0 fully saturated rings. The van der Waals surface area contributed by atoms with Crippen molar-refractivity contribution in [2.24, 2.45) is 0 Å². The predicted octanol–water partition coefficient (Wildman–Crippen LogP) is 4.38. The van der Waals surface area contributed by atoms with Crippen molar-refractivity contribution in [3.8, 4) is 0 Å². The van der Waals surface area contributed by atoms with E-state index in [1.54, 1.807) is 36.8 Å². The van der Waals surface area contributed by atoms with Gasteiger partial charge >= 0.3 is 0 Å². The topological polar surface area (TPSA) is 73.2 Å². The van der Waals surface area contributed by atoms with Gasteiger partial charge in [-0.3, -0.25) is 14.2 Å². The highest BCUT2D eigenvalue weighted by Gasteiger charge is 2.20. The van der Waals surface area contributed by atoms with E-state index in [9.17, 15) is 9.59 Å². The quantitative estimate of drug-likeness (QED) is 0.411. The molecule has 0 bridgehead atoms. The van der Waals surface area contributed by atoms with E-state index in [2.05, 4.69) is 17.2 Å². The fourth-order valence-corrected chi connectivity index (χ4v) is 4.02. The van der Waals surface area contributed by atoms with Crippen LogP contribution in [-0.4, -0.2) is 34.4 Å². The molecule has 8 heteroatoms. The second-order valence-electron chi connectivity index (χ2n) is 6.81. The van der Waals surface area contributed by atoms with Crippen LogP contribution >= 0.6 is 23.4 Å². The highest BCUT2D eigenvalue weighted by atomic mass is 35.5. The Balaban J connectivity index is 1.86. The highest BCUT2D eigenvalue weighted by molar-refractivity contribution is 8.00. The Morgan fingerprint density at radius 1 is 1.27 bits per heavy atom. The van der Waals surface area contributed by atoms with Crippen LogP contribution in [0.3, 0.4) is 0 Å². The molecule has 1 N–H and O–H groups in total. The molecule has 0 aliphatic carbocycles.